The van der Waals surface area contributed by atoms with E-state index in [4.69, 9.17) is 14.2 Å². The highest BCUT2D eigenvalue weighted by Gasteiger charge is 2.19. The van der Waals surface area contributed by atoms with Gasteiger partial charge in [-0.25, -0.2) is 0 Å². The monoisotopic (exact) mass is 1120 g/mol. The highest BCUT2D eigenvalue weighted by atomic mass is 16.6. The average Bonchev–Trinajstić information content (AvgIpc) is 3.47. The number of allylic oxidation sites excluding steroid dienone is 22. The summed E-state index contributed by atoms with van der Waals surface area (Å²) in [5, 5.41) is 0. The Balaban J connectivity index is 4.05. The molecule has 0 saturated heterocycles. The van der Waals surface area contributed by atoms with E-state index in [0.717, 1.165) is 141 Å². The minimum absolute atomic E-state index is 0.0830. The molecule has 0 aromatic carbocycles. The first kappa shape index (κ1) is 76.5. The van der Waals surface area contributed by atoms with Gasteiger partial charge in [-0.15, -0.1) is 0 Å². The van der Waals surface area contributed by atoms with E-state index in [1.54, 1.807) is 0 Å². The molecule has 0 heterocycles. The zero-order chi connectivity index (χ0) is 58.5. The van der Waals surface area contributed by atoms with E-state index in [1.165, 1.54) is 122 Å². The van der Waals surface area contributed by atoms with Crippen molar-refractivity contribution < 1.29 is 28.6 Å². The number of rotatable bonds is 60. The van der Waals surface area contributed by atoms with Gasteiger partial charge in [-0.05, 0) is 116 Å². The molecular weight excluding hydrogens is 997 g/mol. The van der Waals surface area contributed by atoms with Gasteiger partial charge in [-0.2, -0.15) is 0 Å². The van der Waals surface area contributed by atoms with Crippen LogP contribution in [-0.2, 0) is 28.6 Å². The van der Waals surface area contributed by atoms with Crippen molar-refractivity contribution in [1.29, 1.82) is 0 Å². The Kier molecular flexibility index (Phi) is 64.3. The molecule has 1 unspecified atom stereocenters. The standard InChI is InChI=1S/C75H124O6/c1-4-7-10-13-15-17-19-21-23-25-27-29-31-33-35-37-39-41-43-45-47-49-51-53-55-57-59-62-65-68-74(77)80-71-72(70-79-73(76)67-64-61-12-9-6-3)81-75(78)69-66-63-60-58-56-54-52-50-48-46-44-42-40-38-36-34-32-30-28-26-24-22-20-18-16-14-11-8-5-2/h7-8,10-11,15-18,21-24,27-30,33,35,39,41,45,47,72H,4-6,9,12-14,19-20,25-26,31-32,34,36-38,40,42-44,46,48-71H2,1-3H3/b10-7-,11-8-,17-15-,18-16-,23-21-,24-22-,29-27-,30-28-,35-33-,41-39-,47-45-. The van der Waals surface area contributed by atoms with Crippen LogP contribution in [0.15, 0.2) is 134 Å². The molecule has 0 fully saturated rings. The fraction of sp³-hybridized carbons (Fsp3) is 0.667. The third kappa shape index (κ3) is 66.2. The van der Waals surface area contributed by atoms with Crippen LogP contribution in [0.4, 0.5) is 0 Å². The Hall–Kier alpha value is -4.45. The molecule has 460 valence electrons. The van der Waals surface area contributed by atoms with Crippen LogP contribution in [0.3, 0.4) is 0 Å². The molecular formula is C75H124O6. The van der Waals surface area contributed by atoms with E-state index >= 15 is 0 Å². The lowest BCUT2D eigenvalue weighted by Crippen LogP contribution is -2.30. The first-order chi connectivity index (χ1) is 40.0. The Morgan fingerprint density at radius 1 is 0.259 bits per heavy atom. The minimum Gasteiger partial charge on any atom is -0.462 e. The average molecular weight is 1120 g/mol. The zero-order valence-corrected chi connectivity index (χ0v) is 52.8. The molecule has 1 atom stereocenters. The predicted octanol–water partition coefficient (Wildman–Crippen LogP) is 23.3. The Labute approximate surface area is 500 Å². The Morgan fingerprint density at radius 3 is 0.753 bits per heavy atom. The van der Waals surface area contributed by atoms with Crippen LogP contribution in [0.2, 0.25) is 0 Å². The Morgan fingerprint density at radius 2 is 0.481 bits per heavy atom. The van der Waals surface area contributed by atoms with Crippen molar-refractivity contribution in [3.63, 3.8) is 0 Å². The molecule has 0 amide bonds. The van der Waals surface area contributed by atoms with Crippen molar-refractivity contribution in [3.05, 3.63) is 134 Å². The maximum atomic E-state index is 12.9. The van der Waals surface area contributed by atoms with Crippen molar-refractivity contribution >= 4 is 17.9 Å². The molecule has 0 aliphatic heterocycles. The van der Waals surface area contributed by atoms with Crippen molar-refractivity contribution in [2.75, 3.05) is 13.2 Å². The van der Waals surface area contributed by atoms with Gasteiger partial charge >= 0.3 is 17.9 Å². The molecule has 0 aromatic rings. The van der Waals surface area contributed by atoms with Gasteiger partial charge in [0.05, 0.1) is 0 Å². The van der Waals surface area contributed by atoms with Gasteiger partial charge in [-0.1, -0.05) is 302 Å². The summed E-state index contributed by atoms with van der Waals surface area (Å²) >= 11 is 0. The summed E-state index contributed by atoms with van der Waals surface area (Å²) in [6.07, 6.45) is 96.6. The molecule has 0 rings (SSSR count). The maximum absolute atomic E-state index is 12.9. The van der Waals surface area contributed by atoms with Crippen LogP contribution in [0.5, 0.6) is 0 Å². The molecule has 0 aromatic heterocycles. The smallest absolute Gasteiger partial charge is 0.306 e. The fourth-order valence-electron chi connectivity index (χ4n) is 9.18. The van der Waals surface area contributed by atoms with Gasteiger partial charge in [0, 0.05) is 19.3 Å². The molecule has 0 saturated carbocycles. The molecule has 0 radical (unpaired) electrons. The van der Waals surface area contributed by atoms with Crippen molar-refractivity contribution in [3.8, 4) is 0 Å². The first-order valence-electron chi connectivity index (χ1n) is 33.7. The van der Waals surface area contributed by atoms with E-state index in [0.29, 0.717) is 19.3 Å². The normalized spacial score (nSPS) is 13.0. The summed E-state index contributed by atoms with van der Waals surface area (Å²) < 4.78 is 16.8. The van der Waals surface area contributed by atoms with Crippen molar-refractivity contribution in [1.82, 2.24) is 0 Å². The summed E-state index contributed by atoms with van der Waals surface area (Å²) in [7, 11) is 0. The zero-order valence-electron chi connectivity index (χ0n) is 52.8. The summed E-state index contributed by atoms with van der Waals surface area (Å²) in [4.78, 5) is 38.0. The van der Waals surface area contributed by atoms with E-state index in [9.17, 15) is 14.4 Å². The van der Waals surface area contributed by atoms with Crippen LogP contribution in [-0.4, -0.2) is 37.2 Å². The highest BCUT2D eigenvalue weighted by molar-refractivity contribution is 5.71. The largest absolute Gasteiger partial charge is 0.462 e. The molecule has 0 aliphatic rings. The molecule has 0 N–H and O–H groups in total. The van der Waals surface area contributed by atoms with Crippen LogP contribution < -0.4 is 0 Å². The number of carbonyl (C=O) groups excluding carboxylic acids is 3. The number of ether oxygens (including phenoxy) is 3. The topological polar surface area (TPSA) is 78.9 Å². The van der Waals surface area contributed by atoms with Crippen LogP contribution in [0.25, 0.3) is 0 Å². The van der Waals surface area contributed by atoms with Gasteiger partial charge in [0.25, 0.3) is 0 Å². The molecule has 0 aliphatic carbocycles. The lowest BCUT2D eigenvalue weighted by molar-refractivity contribution is -0.167. The molecule has 0 spiro atoms. The van der Waals surface area contributed by atoms with Crippen LogP contribution in [0, 0.1) is 0 Å². The fourth-order valence-corrected chi connectivity index (χ4v) is 9.18. The second-order valence-electron chi connectivity index (χ2n) is 22.0. The SMILES string of the molecule is CC/C=C\C/C=C\C/C=C\C/C=C\C/C=C\C/C=C\C/C=C\CCCCCCCCCC(=O)OCC(COC(=O)CCCCCCC)OC(=O)CCCCCCCCCCCCCCCCCC/C=C\C/C=C\C/C=C\C/C=C\CC. The Bertz CT molecular complexity index is 1720. The lowest BCUT2D eigenvalue weighted by atomic mass is 10.0. The van der Waals surface area contributed by atoms with E-state index < -0.39 is 6.10 Å². The predicted molar refractivity (Wildman–Crippen MR) is 353 cm³/mol. The quantitative estimate of drug-likeness (QED) is 0.0261. The van der Waals surface area contributed by atoms with Gasteiger partial charge < -0.3 is 14.2 Å². The molecule has 0 bridgehead atoms. The number of hydrogen-bond acceptors (Lipinski definition) is 6. The third-order valence-corrected chi connectivity index (χ3v) is 14.2. The molecule has 6 nitrogen and oxygen atoms in total. The molecule has 81 heavy (non-hydrogen) atoms. The van der Waals surface area contributed by atoms with Crippen molar-refractivity contribution in [2.45, 2.75) is 309 Å². The van der Waals surface area contributed by atoms with E-state index in [2.05, 4.69) is 154 Å². The van der Waals surface area contributed by atoms with Crippen LogP contribution in [0.1, 0.15) is 303 Å². The summed E-state index contributed by atoms with van der Waals surface area (Å²) in [5.74, 6) is -0.903. The van der Waals surface area contributed by atoms with Gasteiger partial charge in [0.2, 0.25) is 0 Å². The second kappa shape index (κ2) is 68.1. The maximum Gasteiger partial charge on any atom is 0.306 e. The number of hydrogen-bond donors (Lipinski definition) is 0. The van der Waals surface area contributed by atoms with Gasteiger partial charge in [0.1, 0.15) is 13.2 Å². The minimum atomic E-state index is -0.783. The number of unbranched alkanes of at least 4 members (excludes halogenated alkanes) is 27. The lowest BCUT2D eigenvalue weighted by Gasteiger charge is -2.18. The number of esters is 3. The molecule has 6 heteroatoms. The highest BCUT2D eigenvalue weighted by Crippen LogP contribution is 2.16. The van der Waals surface area contributed by atoms with E-state index in [1.807, 2.05) is 0 Å². The summed E-state index contributed by atoms with van der Waals surface area (Å²) in [6.45, 7) is 6.34. The summed E-state index contributed by atoms with van der Waals surface area (Å²) in [5.41, 5.74) is 0. The van der Waals surface area contributed by atoms with Crippen LogP contribution >= 0.6 is 0 Å². The van der Waals surface area contributed by atoms with E-state index in [-0.39, 0.29) is 31.1 Å². The third-order valence-electron chi connectivity index (χ3n) is 14.2. The second-order valence-corrected chi connectivity index (χ2v) is 22.0. The van der Waals surface area contributed by atoms with Crippen molar-refractivity contribution in [2.24, 2.45) is 0 Å². The summed E-state index contributed by atoms with van der Waals surface area (Å²) in [6, 6.07) is 0. The van der Waals surface area contributed by atoms with Gasteiger partial charge in [-0.3, -0.25) is 14.4 Å². The van der Waals surface area contributed by atoms with Gasteiger partial charge in [0.15, 0.2) is 6.10 Å². The first-order valence-corrected chi connectivity index (χ1v) is 33.7. The number of carbonyl (C=O) groups is 3.